The van der Waals surface area contributed by atoms with E-state index in [1.165, 1.54) is 6.20 Å². The Bertz CT molecular complexity index is 1060. The molecule has 3 N–H and O–H groups in total. The molecule has 0 bridgehead atoms. The molecule has 26 heavy (non-hydrogen) atoms. The van der Waals surface area contributed by atoms with Crippen LogP contribution in [0.1, 0.15) is 11.4 Å². The van der Waals surface area contributed by atoms with Gasteiger partial charge in [-0.3, -0.25) is 9.97 Å². The van der Waals surface area contributed by atoms with E-state index in [0.29, 0.717) is 18.1 Å². The summed E-state index contributed by atoms with van der Waals surface area (Å²) in [6, 6.07) is 12.0. The molecule has 130 valence electrons. The topological polar surface area (TPSA) is 103 Å². The van der Waals surface area contributed by atoms with Crippen LogP contribution in [0.15, 0.2) is 55.0 Å². The number of hydrogen-bond acceptors (Lipinski definition) is 6. The monoisotopic (exact) mass is 346 g/mol. The van der Waals surface area contributed by atoms with E-state index in [9.17, 15) is 5.11 Å². The standard InChI is InChI=1S/C19H18N6O/c20-7-6-15-2-1-3-17(23-15)13-4-5-14-9-22-25(18(14)8-13)19-11-21-10-16(12-26)24-19/h1-5,8-11,26H,6-7,12,20H2. The molecule has 0 fully saturated rings. The molecule has 0 aliphatic rings. The van der Waals surface area contributed by atoms with Crippen molar-refractivity contribution in [2.75, 3.05) is 6.54 Å². The fourth-order valence-corrected chi connectivity index (χ4v) is 2.86. The zero-order valence-corrected chi connectivity index (χ0v) is 14.1. The molecule has 1 aromatic carbocycles. The van der Waals surface area contributed by atoms with Gasteiger partial charge in [-0.15, -0.1) is 0 Å². The molecule has 4 aromatic rings. The number of rotatable bonds is 5. The van der Waals surface area contributed by atoms with Crippen molar-refractivity contribution in [2.45, 2.75) is 13.0 Å². The first-order valence-corrected chi connectivity index (χ1v) is 8.35. The average molecular weight is 346 g/mol. The lowest BCUT2D eigenvalue weighted by molar-refractivity contribution is 0.276. The van der Waals surface area contributed by atoms with Gasteiger partial charge < -0.3 is 10.8 Å². The minimum Gasteiger partial charge on any atom is -0.390 e. The molecule has 3 aromatic heterocycles. The Morgan fingerprint density at radius 2 is 1.92 bits per heavy atom. The lowest BCUT2D eigenvalue weighted by Gasteiger charge is -2.07. The number of nitrogens with two attached hydrogens (primary N) is 1. The van der Waals surface area contributed by atoms with Crippen LogP contribution in [0, 0.1) is 0 Å². The van der Waals surface area contributed by atoms with Crippen LogP contribution in [0.2, 0.25) is 0 Å². The van der Waals surface area contributed by atoms with Crippen molar-refractivity contribution in [1.29, 1.82) is 0 Å². The summed E-state index contributed by atoms with van der Waals surface area (Å²) < 4.78 is 1.72. The summed E-state index contributed by atoms with van der Waals surface area (Å²) in [6.07, 6.45) is 5.69. The van der Waals surface area contributed by atoms with Crippen LogP contribution in [-0.2, 0) is 13.0 Å². The molecule has 0 radical (unpaired) electrons. The molecule has 0 spiro atoms. The van der Waals surface area contributed by atoms with Gasteiger partial charge in [-0.05, 0) is 24.7 Å². The van der Waals surface area contributed by atoms with Crippen molar-refractivity contribution < 1.29 is 5.11 Å². The van der Waals surface area contributed by atoms with Gasteiger partial charge in [0.1, 0.15) is 0 Å². The zero-order valence-electron chi connectivity index (χ0n) is 14.1. The Balaban J connectivity index is 1.81. The van der Waals surface area contributed by atoms with Crippen molar-refractivity contribution in [3.63, 3.8) is 0 Å². The number of benzene rings is 1. The summed E-state index contributed by atoms with van der Waals surface area (Å²) in [5.41, 5.74) is 9.89. The van der Waals surface area contributed by atoms with Gasteiger partial charge in [0.25, 0.3) is 0 Å². The van der Waals surface area contributed by atoms with E-state index in [1.807, 2.05) is 36.4 Å². The Morgan fingerprint density at radius 1 is 1.00 bits per heavy atom. The third-order valence-electron chi connectivity index (χ3n) is 4.12. The second-order valence-corrected chi connectivity index (χ2v) is 5.91. The minimum absolute atomic E-state index is 0.164. The first kappa shape index (κ1) is 16.3. The number of aliphatic hydroxyl groups is 1. The van der Waals surface area contributed by atoms with Gasteiger partial charge in [0.15, 0.2) is 5.82 Å². The molecule has 7 nitrogen and oxygen atoms in total. The van der Waals surface area contributed by atoms with Crippen LogP contribution < -0.4 is 5.73 Å². The van der Waals surface area contributed by atoms with Gasteiger partial charge in [-0.2, -0.15) is 5.10 Å². The van der Waals surface area contributed by atoms with Crippen molar-refractivity contribution in [3.8, 4) is 17.1 Å². The van der Waals surface area contributed by atoms with E-state index >= 15 is 0 Å². The third kappa shape index (κ3) is 3.05. The lowest BCUT2D eigenvalue weighted by Crippen LogP contribution is -2.04. The molecule has 0 saturated heterocycles. The van der Waals surface area contributed by atoms with E-state index in [0.717, 1.165) is 34.3 Å². The summed E-state index contributed by atoms with van der Waals surface area (Å²) in [7, 11) is 0. The summed E-state index contributed by atoms with van der Waals surface area (Å²) >= 11 is 0. The maximum atomic E-state index is 9.29. The highest BCUT2D eigenvalue weighted by Gasteiger charge is 2.10. The van der Waals surface area contributed by atoms with E-state index < -0.39 is 0 Å². The fourth-order valence-electron chi connectivity index (χ4n) is 2.86. The van der Waals surface area contributed by atoms with Crippen LogP contribution in [0.5, 0.6) is 0 Å². The highest BCUT2D eigenvalue weighted by molar-refractivity contribution is 5.84. The third-order valence-corrected chi connectivity index (χ3v) is 4.12. The predicted octanol–water partition coefficient (Wildman–Crippen LogP) is 1.87. The Hall–Kier alpha value is -3.16. The SMILES string of the molecule is NCCc1cccc(-c2ccc3cnn(-c4cncc(CO)n4)c3c2)n1. The van der Waals surface area contributed by atoms with Gasteiger partial charge in [-0.25, -0.2) is 9.67 Å². The first-order valence-electron chi connectivity index (χ1n) is 8.35. The van der Waals surface area contributed by atoms with Crippen LogP contribution in [0.4, 0.5) is 0 Å². The molecule has 0 aliphatic carbocycles. The zero-order chi connectivity index (χ0) is 17.9. The Kier molecular flexibility index (Phi) is 4.39. The number of aliphatic hydroxyl groups excluding tert-OH is 1. The van der Waals surface area contributed by atoms with Gasteiger partial charge in [0.05, 0.1) is 42.1 Å². The molecular weight excluding hydrogens is 328 g/mol. The van der Waals surface area contributed by atoms with Gasteiger partial charge >= 0.3 is 0 Å². The number of hydrogen-bond donors (Lipinski definition) is 2. The number of pyridine rings is 1. The molecule has 4 rings (SSSR count). The Morgan fingerprint density at radius 3 is 2.77 bits per heavy atom. The largest absolute Gasteiger partial charge is 0.390 e. The maximum absolute atomic E-state index is 9.29. The van der Waals surface area contributed by atoms with Gasteiger partial charge in [0.2, 0.25) is 0 Å². The molecule has 0 saturated carbocycles. The van der Waals surface area contributed by atoms with Crippen molar-refractivity contribution >= 4 is 10.9 Å². The number of fused-ring (bicyclic) bond motifs is 1. The highest BCUT2D eigenvalue weighted by atomic mass is 16.3. The smallest absolute Gasteiger partial charge is 0.172 e. The molecule has 0 unspecified atom stereocenters. The van der Waals surface area contributed by atoms with Gasteiger partial charge in [-0.1, -0.05) is 18.2 Å². The van der Waals surface area contributed by atoms with Crippen molar-refractivity contribution in [3.05, 3.63) is 66.4 Å². The van der Waals surface area contributed by atoms with Crippen LogP contribution in [-0.4, -0.2) is 36.4 Å². The molecule has 7 heteroatoms. The van der Waals surface area contributed by atoms with Crippen molar-refractivity contribution in [1.82, 2.24) is 24.7 Å². The summed E-state index contributed by atoms with van der Waals surface area (Å²) in [5, 5.41) is 14.7. The van der Waals surface area contributed by atoms with Crippen LogP contribution in [0.25, 0.3) is 28.0 Å². The van der Waals surface area contributed by atoms with Crippen LogP contribution in [0.3, 0.4) is 0 Å². The minimum atomic E-state index is -0.164. The van der Waals surface area contributed by atoms with Gasteiger partial charge in [0, 0.05) is 23.1 Å². The van der Waals surface area contributed by atoms with E-state index in [1.54, 1.807) is 17.1 Å². The second-order valence-electron chi connectivity index (χ2n) is 5.91. The summed E-state index contributed by atoms with van der Waals surface area (Å²) in [4.78, 5) is 13.2. The van der Waals surface area contributed by atoms with E-state index in [-0.39, 0.29) is 6.61 Å². The first-order chi connectivity index (χ1) is 12.8. The molecule has 0 amide bonds. The quantitative estimate of drug-likeness (QED) is 0.572. The maximum Gasteiger partial charge on any atom is 0.172 e. The molecule has 0 atom stereocenters. The summed E-state index contributed by atoms with van der Waals surface area (Å²) in [6.45, 7) is 0.408. The van der Waals surface area contributed by atoms with E-state index in [2.05, 4.69) is 20.1 Å². The average Bonchev–Trinajstić information content (AvgIpc) is 3.12. The fraction of sp³-hybridized carbons (Fsp3) is 0.158. The normalized spacial score (nSPS) is 11.2. The molecule has 0 aliphatic heterocycles. The van der Waals surface area contributed by atoms with Crippen LogP contribution >= 0.6 is 0 Å². The predicted molar refractivity (Wildman–Crippen MR) is 98.6 cm³/mol. The molecule has 3 heterocycles. The van der Waals surface area contributed by atoms with E-state index in [4.69, 9.17) is 5.73 Å². The summed E-state index contributed by atoms with van der Waals surface area (Å²) in [5.74, 6) is 0.563. The second kappa shape index (κ2) is 6.99. The number of nitrogens with zero attached hydrogens (tertiary/aromatic N) is 5. The number of aromatic nitrogens is 5. The molecular formula is C19H18N6O. The Labute approximate surface area is 150 Å². The lowest BCUT2D eigenvalue weighted by atomic mass is 10.1. The van der Waals surface area contributed by atoms with Crippen molar-refractivity contribution in [2.24, 2.45) is 5.73 Å². The highest BCUT2D eigenvalue weighted by Crippen LogP contribution is 2.24.